The molecule has 0 bridgehead atoms. The first-order valence-corrected chi connectivity index (χ1v) is 3.21. The SMILES string of the molecule is C=CCC(=CC)CC=C. The van der Waals surface area contributed by atoms with Crippen LogP contribution in [-0.4, -0.2) is 0 Å². The van der Waals surface area contributed by atoms with Gasteiger partial charge in [-0.05, 0) is 19.8 Å². The van der Waals surface area contributed by atoms with E-state index in [1.165, 1.54) is 5.57 Å². The van der Waals surface area contributed by atoms with Crippen LogP contribution in [0.3, 0.4) is 0 Å². The fourth-order valence-corrected chi connectivity index (χ4v) is 0.690. The van der Waals surface area contributed by atoms with Crippen LogP contribution in [0.2, 0.25) is 0 Å². The summed E-state index contributed by atoms with van der Waals surface area (Å²) in [5, 5.41) is 0. The molecule has 50 valence electrons. The fraction of sp³-hybridized carbons (Fsp3) is 0.333. The molecule has 0 aromatic rings. The first kappa shape index (κ1) is 8.22. The minimum atomic E-state index is 0.989. The topological polar surface area (TPSA) is 0 Å². The van der Waals surface area contributed by atoms with Gasteiger partial charge in [0.2, 0.25) is 0 Å². The van der Waals surface area contributed by atoms with Gasteiger partial charge in [0.15, 0.2) is 0 Å². The van der Waals surface area contributed by atoms with Crippen LogP contribution in [0, 0.1) is 0 Å². The zero-order valence-corrected chi connectivity index (χ0v) is 6.06. The van der Waals surface area contributed by atoms with Gasteiger partial charge in [-0.1, -0.05) is 23.8 Å². The summed E-state index contributed by atoms with van der Waals surface area (Å²) in [6.45, 7) is 9.36. The van der Waals surface area contributed by atoms with Crippen molar-refractivity contribution < 1.29 is 0 Å². The molecule has 0 N–H and O–H groups in total. The van der Waals surface area contributed by atoms with E-state index in [1.807, 2.05) is 19.1 Å². The molecule has 0 aromatic heterocycles. The summed E-state index contributed by atoms with van der Waals surface area (Å²) in [7, 11) is 0. The summed E-state index contributed by atoms with van der Waals surface area (Å²) in [6, 6.07) is 0. The maximum absolute atomic E-state index is 3.66. The molecule has 0 nitrogen and oxygen atoms in total. The van der Waals surface area contributed by atoms with Crippen molar-refractivity contribution in [1.82, 2.24) is 0 Å². The van der Waals surface area contributed by atoms with Gasteiger partial charge < -0.3 is 0 Å². The predicted molar refractivity (Wildman–Crippen MR) is 43.4 cm³/mol. The second-order valence-corrected chi connectivity index (χ2v) is 1.93. The molecule has 0 aliphatic carbocycles. The lowest BCUT2D eigenvalue weighted by molar-refractivity contribution is 1.10. The van der Waals surface area contributed by atoms with E-state index in [2.05, 4.69) is 19.2 Å². The maximum atomic E-state index is 3.66. The van der Waals surface area contributed by atoms with Gasteiger partial charge in [0, 0.05) is 0 Å². The summed E-state index contributed by atoms with van der Waals surface area (Å²) in [6.07, 6.45) is 7.92. The predicted octanol–water partition coefficient (Wildman–Crippen LogP) is 3.08. The smallest absolute Gasteiger partial charge is 0.0139 e. The Hall–Kier alpha value is -0.780. The molecule has 0 atom stereocenters. The molecule has 0 amide bonds. The van der Waals surface area contributed by atoms with Crippen LogP contribution in [0.15, 0.2) is 37.0 Å². The van der Waals surface area contributed by atoms with Crippen molar-refractivity contribution in [1.29, 1.82) is 0 Å². The molecule has 0 aliphatic heterocycles. The van der Waals surface area contributed by atoms with Gasteiger partial charge in [-0.15, -0.1) is 13.2 Å². The normalized spacial score (nSPS) is 8.11. The Kier molecular flexibility index (Phi) is 4.89. The second kappa shape index (κ2) is 5.36. The minimum Gasteiger partial charge on any atom is -0.103 e. The third-order valence-corrected chi connectivity index (χ3v) is 1.22. The highest BCUT2D eigenvalue weighted by Gasteiger charge is 1.86. The van der Waals surface area contributed by atoms with Gasteiger partial charge in [-0.25, -0.2) is 0 Å². The van der Waals surface area contributed by atoms with Gasteiger partial charge in [0.1, 0.15) is 0 Å². The first-order valence-electron chi connectivity index (χ1n) is 3.21. The Labute approximate surface area is 57.6 Å². The average molecular weight is 122 g/mol. The zero-order valence-electron chi connectivity index (χ0n) is 6.06. The van der Waals surface area contributed by atoms with Crippen LogP contribution in [0.1, 0.15) is 19.8 Å². The Morgan fingerprint density at radius 3 is 1.89 bits per heavy atom. The third kappa shape index (κ3) is 3.77. The highest BCUT2D eigenvalue weighted by Crippen LogP contribution is 2.06. The van der Waals surface area contributed by atoms with Gasteiger partial charge >= 0.3 is 0 Å². The van der Waals surface area contributed by atoms with Gasteiger partial charge in [-0.2, -0.15) is 0 Å². The van der Waals surface area contributed by atoms with Crippen LogP contribution >= 0.6 is 0 Å². The molecule has 0 heteroatoms. The third-order valence-electron chi connectivity index (χ3n) is 1.22. The summed E-state index contributed by atoms with van der Waals surface area (Å²) in [4.78, 5) is 0. The van der Waals surface area contributed by atoms with E-state index < -0.39 is 0 Å². The Balaban J connectivity index is 3.68. The molecule has 0 spiro atoms. The summed E-state index contributed by atoms with van der Waals surface area (Å²) in [5.74, 6) is 0. The van der Waals surface area contributed by atoms with Crippen molar-refractivity contribution in [3.8, 4) is 0 Å². The van der Waals surface area contributed by atoms with Crippen molar-refractivity contribution in [2.24, 2.45) is 0 Å². The molecule has 0 fully saturated rings. The fourth-order valence-electron chi connectivity index (χ4n) is 0.690. The highest BCUT2D eigenvalue weighted by atomic mass is 13.9. The molecule has 0 aromatic carbocycles. The van der Waals surface area contributed by atoms with Crippen LogP contribution < -0.4 is 0 Å². The largest absolute Gasteiger partial charge is 0.103 e. The lowest BCUT2D eigenvalue weighted by Crippen LogP contribution is -1.75. The van der Waals surface area contributed by atoms with Crippen LogP contribution in [-0.2, 0) is 0 Å². The lowest BCUT2D eigenvalue weighted by Gasteiger charge is -1.96. The minimum absolute atomic E-state index is 0.989. The van der Waals surface area contributed by atoms with Crippen LogP contribution in [0.5, 0.6) is 0 Å². The van der Waals surface area contributed by atoms with E-state index in [-0.39, 0.29) is 0 Å². The standard InChI is InChI=1S/C9H14/c1-4-7-9(6-3)8-5-2/h4-6H,1-2,7-8H2,3H3. The Bertz CT molecular complexity index is 106. The number of allylic oxidation sites excluding steroid dienone is 4. The van der Waals surface area contributed by atoms with E-state index in [9.17, 15) is 0 Å². The summed E-state index contributed by atoms with van der Waals surface area (Å²) < 4.78 is 0. The number of rotatable bonds is 4. The van der Waals surface area contributed by atoms with Crippen molar-refractivity contribution >= 4 is 0 Å². The van der Waals surface area contributed by atoms with Crippen molar-refractivity contribution in [3.05, 3.63) is 37.0 Å². The molecule has 0 heterocycles. The Morgan fingerprint density at radius 1 is 1.22 bits per heavy atom. The van der Waals surface area contributed by atoms with Crippen LogP contribution in [0.4, 0.5) is 0 Å². The number of hydrogen-bond acceptors (Lipinski definition) is 0. The molecule has 0 unspecified atom stereocenters. The molecular formula is C9H14. The highest BCUT2D eigenvalue weighted by molar-refractivity contribution is 5.08. The molecule has 0 rings (SSSR count). The quantitative estimate of drug-likeness (QED) is 0.503. The summed E-state index contributed by atoms with van der Waals surface area (Å²) >= 11 is 0. The van der Waals surface area contributed by atoms with Crippen LogP contribution in [0.25, 0.3) is 0 Å². The molecule has 0 radical (unpaired) electrons. The molecule has 0 saturated heterocycles. The monoisotopic (exact) mass is 122 g/mol. The second-order valence-electron chi connectivity index (χ2n) is 1.93. The molecular weight excluding hydrogens is 108 g/mol. The van der Waals surface area contributed by atoms with E-state index in [0.29, 0.717) is 0 Å². The Morgan fingerprint density at radius 2 is 1.67 bits per heavy atom. The molecule has 0 saturated carbocycles. The lowest BCUT2D eigenvalue weighted by atomic mass is 10.1. The summed E-state index contributed by atoms with van der Waals surface area (Å²) in [5.41, 5.74) is 1.39. The van der Waals surface area contributed by atoms with Gasteiger partial charge in [0.05, 0.1) is 0 Å². The number of hydrogen-bond donors (Lipinski definition) is 0. The van der Waals surface area contributed by atoms with E-state index in [1.54, 1.807) is 0 Å². The van der Waals surface area contributed by atoms with E-state index >= 15 is 0 Å². The molecule has 9 heavy (non-hydrogen) atoms. The van der Waals surface area contributed by atoms with Crippen molar-refractivity contribution in [2.45, 2.75) is 19.8 Å². The van der Waals surface area contributed by atoms with E-state index in [4.69, 9.17) is 0 Å². The first-order chi connectivity index (χ1) is 4.35. The van der Waals surface area contributed by atoms with Gasteiger partial charge in [0.25, 0.3) is 0 Å². The van der Waals surface area contributed by atoms with E-state index in [0.717, 1.165) is 12.8 Å². The average Bonchev–Trinajstić information content (AvgIpc) is 1.88. The van der Waals surface area contributed by atoms with Crippen molar-refractivity contribution in [3.63, 3.8) is 0 Å². The molecule has 0 aliphatic rings. The van der Waals surface area contributed by atoms with Gasteiger partial charge in [-0.3, -0.25) is 0 Å². The zero-order chi connectivity index (χ0) is 7.11. The maximum Gasteiger partial charge on any atom is -0.0139 e. The van der Waals surface area contributed by atoms with Crippen molar-refractivity contribution in [2.75, 3.05) is 0 Å².